The van der Waals surface area contributed by atoms with E-state index in [0.29, 0.717) is 0 Å². The number of fused-ring (bicyclic) bond motifs is 1. The molecular weight excluding hydrogens is 240 g/mol. The fraction of sp³-hybridized carbons (Fsp3) is 0.455. The monoisotopic (exact) mass is 254 g/mol. The number of rotatable bonds is 0. The summed E-state index contributed by atoms with van der Waals surface area (Å²) in [5.74, 6) is 0. The summed E-state index contributed by atoms with van der Waals surface area (Å²) in [6.07, 6.45) is 0. The van der Waals surface area contributed by atoms with Crippen LogP contribution in [0.3, 0.4) is 0 Å². The molecule has 1 heterocycles. The Morgan fingerprint density at radius 2 is 2.14 bits per heavy atom. The van der Waals surface area contributed by atoms with Crippen molar-refractivity contribution in [3.8, 4) is 0 Å². The molecule has 0 saturated heterocycles. The number of likely N-dealkylation sites (N-methyl/N-ethyl adjacent to an activating group) is 1. The number of para-hydroxylation sites is 1. The van der Waals surface area contributed by atoms with Gasteiger partial charge in [-0.25, -0.2) is 0 Å². The van der Waals surface area contributed by atoms with E-state index in [-0.39, 0.29) is 5.54 Å². The van der Waals surface area contributed by atoms with Crippen LogP contribution in [0.25, 0.3) is 0 Å². The molecule has 0 fully saturated rings. The molecule has 2 nitrogen and oxygen atoms in total. The van der Waals surface area contributed by atoms with E-state index in [4.69, 9.17) is 0 Å². The van der Waals surface area contributed by atoms with Crippen LogP contribution in [0.2, 0.25) is 0 Å². The van der Waals surface area contributed by atoms with Gasteiger partial charge in [0, 0.05) is 23.6 Å². The van der Waals surface area contributed by atoms with E-state index < -0.39 is 0 Å². The van der Waals surface area contributed by atoms with Crippen molar-refractivity contribution in [2.45, 2.75) is 19.4 Å². The van der Waals surface area contributed by atoms with E-state index in [1.807, 2.05) is 0 Å². The second-order valence-electron chi connectivity index (χ2n) is 4.50. The molecule has 1 aliphatic rings. The molecular formula is C11H15BrN2. The van der Waals surface area contributed by atoms with Gasteiger partial charge in [-0.3, -0.25) is 0 Å². The van der Waals surface area contributed by atoms with Crippen LogP contribution in [0.1, 0.15) is 13.8 Å². The zero-order valence-corrected chi connectivity index (χ0v) is 10.4. The summed E-state index contributed by atoms with van der Waals surface area (Å²) in [4.78, 5) is 2.29. The van der Waals surface area contributed by atoms with E-state index >= 15 is 0 Å². The Morgan fingerprint density at radius 3 is 2.86 bits per heavy atom. The summed E-state index contributed by atoms with van der Waals surface area (Å²) < 4.78 is 1.13. The Kier molecular flexibility index (Phi) is 2.22. The summed E-state index contributed by atoms with van der Waals surface area (Å²) in [6.45, 7) is 5.45. The van der Waals surface area contributed by atoms with Crippen LogP contribution < -0.4 is 10.2 Å². The molecule has 14 heavy (non-hydrogen) atoms. The average molecular weight is 255 g/mol. The maximum absolute atomic E-state index is 3.57. The lowest BCUT2D eigenvalue weighted by molar-refractivity contribution is 0.549. The number of hydrogen-bond acceptors (Lipinski definition) is 2. The first-order valence-electron chi connectivity index (χ1n) is 4.77. The van der Waals surface area contributed by atoms with Crippen molar-refractivity contribution in [1.82, 2.24) is 0 Å². The molecule has 1 aliphatic heterocycles. The molecule has 76 valence electrons. The van der Waals surface area contributed by atoms with Gasteiger partial charge in [-0.15, -0.1) is 0 Å². The zero-order chi connectivity index (χ0) is 10.3. The Morgan fingerprint density at radius 1 is 1.43 bits per heavy atom. The Labute approximate surface area is 93.4 Å². The van der Waals surface area contributed by atoms with Gasteiger partial charge in [-0.1, -0.05) is 6.07 Å². The van der Waals surface area contributed by atoms with Crippen molar-refractivity contribution in [2.24, 2.45) is 0 Å². The van der Waals surface area contributed by atoms with Gasteiger partial charge in [0.15, 0.2) is 0 Å². The second-order valence-corrected chi connectivity index (χ2v) is 5.35. The Balaban J connectivity index is 2.51. The van der Waals surface area contributed by atoms with Gasteiger partial charge in [-0.05, 0) is 41.9 Å². The lowest BCUT2D eigenvalue weighted by Crippen LogP contribution is -2.47. The van der Waals surface area contributed by atoms with Crippen molar-refractivity contribution in [3.05, 3.63) is 22.7 Å². The maximum atomic E-state index is 3.57. The number of hydrogen-bond donors (Lipinski definition) is 1. The Bertz CT molecular complexity index is 360. The van der Waals surface area contributed by atoms with Crippen LogP contribution in [0.15, 0.2) is 22.7 Å². The first kappa shape index (κ1) is 9.84. The number of benzene rings is 1. The van der Waals surface area contributed by atoms with Gasteiger partial charge in [0.2, 0.25) is 0 Å². The SMILES string of the molecule is CN1CC(C)(C)Nc2c(Br)cccc21. The van der Waals surface area contributed by atoms with Crippen molar-refractivity contribution < 1.29 is 0 Å². The van der Waals surface area contributed by atoms with Crippen LogP contribution in [-0.4, -0.2) is 19.1 Å². The van der Waals surface area contributed by atoms with Crippen LogP contribution in [-0.2, 0) is 0 Å². The largest absolute Gasteiger partial charge is 0.376 e. The molecule has 0 radical (unpaired) electrons. The standard InChI is InChI=1S/C11H15BrN2/c1-11(2)7-14(3)9-6-4-5-8(12)10(9)13-11/h4-6,13H,7H2,1-3H3. The molecule has 3 heteroatoms. The highest BCUT2D eigenvalue weighted by atomic mass is 79.9. The van der Waals surface area contributed by atoms with Crippen LogP contribution in [0, 0.1) is 0 Å². The van der Waals surface area contributed by atoms with Crippen molar-refractivity contribution in [2.75, 3.05) is 23.8 Å². The lowest BCUT2D eigenvalue weighted by atomic mass is 10.00. The van der Waals surface area contributed by atoms with Gasteiger partial charge in [0.05, 0.1) is 11.4 Å². The summed E-state index contributed by atoms with van der Waals surface area (Å²) in [5.41, 5.74) is 2.59. The molecule has 0 amide bonds. The summed E-state index contributed by atoms with van der Waals surface area (Å²) in [5, 5.41) is 3.55. The first-order chi connectivity index (χ1) is 6.49. The summed E-state index contributed by atoms with van der Waals surface area (Å²) in [6, 6.07) is 6.28. The highest BCUT2D eigenvalue weighted by Crippen LogP contribution is 2.38. The highest BCUT2D eigenvalue weighted by Gasteiger charge is 2.28. The predicted octanol–water partition coefficient (Wildman–Crippen LogP) is 3.09. The minimum Gasteiger partial charge on any atom is -0.376 e. The fourth-order valence-electron chi connectivity index (χ4n) is 2.01. The second kappa shape index (κ2) is 3.16. The molecule has 1 aromatic rings. The number of halogens is 1. The molecule has 1 N–H and O–H groups in total. The molecule has 0 saturated carbocycles. The van der Waals surface area contributed by atoms with Crippen molar-refractivity contribution >= 4 is 27.3 Å². The lowest BCUT2D eigenvalue weighted by Gasteiger charge is -2.40. The minimum absolute atomic E-state index is 0.131. The van der Waals surface area contributed by atoms with Gasteiger partial charge in [0.1, 0.15) is 0 Å². The molecule has 0 atom stereocenters. The van der Waals surface area contributed by atoms with Crippen molar-refractivity contribution in [3.63, 3.8) is 0 Å². The number of nitrogens with one attached hydrogen (secondary N) is 1. The molecule has 0 spiro atoms. The van der Waals surface area contributed by atoms with E-state index in [9.17, 15) is 0 Å². The molecule has 1 aromatic carbocycles. The Hall–Kier alpha value is -0.700. The predicted molar refractivity (Wildman–Crippen MR) is 65.1 cm³/mol. The zero-order valence-electron chi connectivity index (χ0n) is 8.76. The minimum atomic E-state index is 0.131. The van der Waals surface area contributed by atoms with E-state index in [0.717, 1.165) is 11.0 Å². The smallest absolute Gasteiger partial charge is 0.0727 e. The molecule has 2 rings (SSSR count). The van der Waals surface area contributed by atoms with Crippen molar-refractivity contribution in [1.29, 1.82) is 0 Å². The number of anilines is 2. The fourth-order valence-corrected chi connectivity index (χ4v) is 2.47. The first-order valence-corrected chi connectivity index (χ1v) is 5.57. The van der Waals surface area contributed by atoms with E-state index in [2.05, 4.69) is 65.2 Å². The molecule has 0 aromatic heterocycles. The van der Waals surface area contributed by atoms with Gasteiger partial charge in [-0.2, -0.15) is 0 Å². The van der Waals surface area contributed by atoms with Gasteiger partial charge < -0.3 is 10.2 Å². The molecule has 0 unspecified atom stereocenters. The van der Waals surface area contributed by atoms with Crippen LogP contribution >= 0.6 is 15.9 Å². The van der Waals surface area contributed by atoms with Crippen LogP contribution in [0.5, 0.6) is 0 Å². The van der Waals surface area contributed by atoms with E-state index in [1.165, 1.54) is 11.4 Å². The quantitative estimate of drug-likeness (QED) is 0.766. The highest BCUT2D eigenvalue weighted by molar-refractivity contribution is 9.10. The maximum Gasteiger partial charge on any atom is 0.0727 e. The van der Waals surface area contributed by atoms with E-state index in [1.54, 1.807) is 0 Å². The summed E-state index contributed by atoms with van der Waals surface area (Å²) >= 11 is 3.57. The van der Waals surface area contributed by atoms with Crippen LogP contribution in [0.4, 0.5) is 11.4 Å². The number of nitrogens with zero attached hydrogens (tertiary/aromatic N) is 1. The normalized spacial score (nSPS) is 18.7. The van der Waals surface area contributed by atoms with Gasteiger partial charge >= 0.3 is 0 Å². The third kappa shape index (κ3) is 1.61. The topological polar surface area (TPSA) is 15.3 Å². The third-order valence-electron chi connectivity index (χ3n) is 2.50. The third-order valence-corrected chi connectivity index (χ3v) is 3.16. The summed E-state index contributed by atoms with van der Waals surface area (Å²) in [7, 11) is 2.13. The van der Waals surface area contributed by atoms with Gasteiger partial charge in [0.25, 0.3) is 0 Å². The average Bonchev–Trinajstić information content (AvgIpc) is 2.05. The molecule has 0 bridgehead atoms. The molecule has 0 aliphatic carbocycles.